The van der Waals surface area contributed by atoms with E-state index in [-0.39, 0.29) is 0 Å². The van der Waals surface area contributed by atoms with Crippen molar-refractivity contribution in [3.05, 3.63) is 152 Å². The van der Waals surface area contributed by atoms with Gasteiger partial charge < -0.3 is 13.9 Å². The molecular formula is C44H31NO3. The van der Waals surface area contributed by atoms with Crippen LogP contribution in [0.5, 0.6) is 11.5 Å². The van der Waals surface area contributed by atoms with Crippen LogP contribution in [0.4, 0.5) is 0 Å². The van der Waals surface area contributed by atoms with E-state index in [0.29, 0.717) is 0 Å². The fourth-order valence-corrected chi connectivity index (χ4v) is 6.68. The molecule has 6 aromatic carbocycles. The van der Waals surface area contributed by atoms with Gasteiger partial charge in [-0.3, -0.25) is 0 Å². The zero-order chi connectivity index (χ0) is 32.2. The molecule has 9 rings (SSSR count). The second-order valence-electron chi connectivity index (χ2n) is 12.7. The highest BCUT2D eigenvalue weighted by Crippen LogP contribution is 2.46. The third kappa shape index (κ3) is 4.99. The minimum absolute atomic E-state index is 0.766. The lowest BCUT2D eigenvalue weighted by Crippen LogP contribution is -2.34. The van der Waals surface area contributed by atoms with Crippen LogP contribution in [0.3, 0.4) is 0 Å². The molecule has 0 saturated carbocycles. The molecule has 0 amide bonds. The van der Waals surface area contributed by atoms with Gasteiger partial charge in [-0.15, -0.1) is 0 Å². The van der Waals surface area contributed by atoms with Gasteiger partial charge in [0.05, 0.1) is 11.4 Å². The first kappa shape index (κ1) is 28.1. The number of fused-ring (bicyclic) bond motifs is 6. The van der Waals surface area contributed by atoms with Gasteiger partial charge in [-0.25, -0.2) is 4.98 Å². The maximum atomic E-state index is 6.57. The van der Waals surface area contributed by atoms with Gasteiger partial charge in [-0.1, -0.05) is 97.1 Å². The van der Waals surface area contributed by atoms with Crippen LogP contribution in [-0.2, 0) is 0 Å². The Morgan fingerprint density at radius 2 is 1.00 bits per heavy atom. The number of hydrogen-bond acceptors (Lipinski definition) is 4. The molecule has 0 saturated heterocycles. The third-order valence-electron chi connectivity index (χ3n) is 8.97. The number of pyridine rings is 1. The molecule has 4 heteroatoms. The Hall–Kier alpha value is -6.13. The first-order chi connectivity index (χ1) is 23.5. The summed E-state index contributed by atoms with van der Waals surface area (Å²) in [4.78, 5) is 5.08. The van der Waals surface area contributed by atoms with E-state index in [1.54, 1.807) is 0 Å². The summed E-state index contributed by atoms with van der Waals surface area (Å²) >= 11 is 0. The van der Waals surface area contributed by atoms with Crippen molar-refractivity contribution < 1.29 is 13.9 Å². The summed E-state index contributed by atoms with van der Waals surface area (Å²) < 4.78 is 19.3. The molecule has 1 aliphatic rings. The van der Waals surface area contributed by atoms with E-state index in [0.717, 1.165) is 89.3 Å². The molecular weight excluding hydrogens is 590 g/mol. The first-order valence-electron chi connectivity index (χ1n) is 16.2. The van der Waals surface area contributed by atoms with Gasteiger partial charge in [0.1, 0.15) is 22.7 Å². The lowest BCUT2D eigenvalue weighted by atomic mass is 9.94. The summed E-state index contributed by atoms with van der Waals surface area (Å²) in [5.74, 6) is 0.669. The van der Waals surface area contributed by atoms with Crippen molar-refractivity contribution in [1.29, 1.82) is 0 Å². The van der Waals surface area contributed by atoms with Crippen molar-refractivity contribution in [3.63, 3.8) is 0 Å². The normalized spacial score (nSPS) is 13.3. The molecule has 4 nitrogen and oxygen atoms in total. The first-order valence-corrected chi connectivity index (χ1v) is 16.2. The minimum Gasteiger partial charge on any atom is -0.456 e. The Labute approximate surface area is 278 Å². The van der Waals surface area contributed by atoms with Crippen molar-refractivity contribution >= 4 is 21.9 Å². The minimum atomic E-state index is -0.875. The van der Waals surface area contributed by atoms with Crippen molar-refractivity contribution in [2.75, 3.05) is 0 Å². The molecule has 0 fully saturated rings. The molecule has 0 aliphatic carbocycles. The monoisotopic (exact) mass is 621 g/mol. The largest absolute Gasteiger partial charge is 0.456 e. The predicted molar refractivity (Wildman–Crippen MR) is 194 cm³/mol. The molecule has 48 heavy (non-hydrogen) atoms. The van der Waals surface area contributed by atoms with Gasteiger partial charge in [0.25, 0.3) is 0 Å². The molecule has 0 unspecified atom stereocenters. The van der Waals surface area contributed by atoms with Gasteiger partial charge in [0.2, 0.25) is 5.79 Å². The Morgan fingerprint density at radius 1 is 0.417 bits per heavy atom. The zero-order valence-corrected chi connectivity index (χ0v) is 26.6. The smallest absolute Gasteiger partial charge is 0.245 e. The van der Waals surface area contributed by atoms with E-state index in [1.807, 2.05) is 68.4 Å². The van der Waals surface area contributed by atoms with Crippen LogP contribution >= 0.6 is 0 Å². The topological polar surface area (TPSA) is 44.5 Å². The molecule has 230 valence electrons. The summed E-state index contributed by atoms with van der Waals surface area (Å²) in [6.07, 6.45) is 0. The van der Waals surface area contributed by atoms with Gasteiger partial charge in [0, 0.05) is 46.9 Å². The predicted octanol–water partition coefficient (Wildman–Crippen LogP) is 11.8. The van der Waals surface area contributed by atoms with E-state index in [2.05, 4.69) is 97.1 Å². The number of aromatic nitrogens is 1. The number of furan rings is 1. The lowest BCUT2D eigenvalue weighted by Gasteiger charge is -2.25. The van der Waals surface area contributed by atoms with Gasteiger partial charge in [-0.2, -0.15) is 0 Å². The Bertz CT molecular complexity index is 2420. The van der Waals surface area contributed by atoms with Gasteiger partial charge >= 0.3 is 0 Å². The number of nitrogens with zero attached hydrogens (tertiary/aromatic N) is 1. The van der Waals surface area contributed by atoms with E-state index in [4.69, 9.17) is 18.9 Å². The number of benzene rings is 6. The highest BCUT2D eigenvalue weighted by atomic mass is 16.7. The van der Waals surface area contributed by atoms with Crippen LogP contribution in [0.2, 0.25) is 0 Å². The molecule has 0 bridgehead atoms. The number of rotatable bonds is 4. The van der Waals surface area contributed by atoms with E-state index >= 15 is 0 Å². The number of hydrogen-bond donors (Lipinski definition) is 0. The molecule has 0 spiro atoms. The molecule has 3 heterocycles. The summed E-state index contributed by atoms with van der Waals surface area (Å²) in [7, 11) is 0. The van der Waals surface area contributed by atoms with Gasteiger partial charge in [0.15, 0.2) is 0 Å². The highest BCUT2D eigenvalue weighted by Gasteiger charge is 2.30. The second-order valence-corrected chi connectivity index (χ2v) is 12.7. The van der Waals surface area contributed by atoms with Crippen molar-refractivity contribution in [1.82, 2.24) is 4.98 Å². The van der Waals surface area contributed by atoms with Crippen LogP contribution in [0.15, 0.2) is 156 Å². The summed E-state index contributed by atoms with van der Waals surface area (Å²) in [5.41, 5.74) is 12.0. The molecule has 1 aliphatic heterocycles. The van der Waals surface area contributed by atoms with Crippen LogP contribution in [0.25, 0.3) is 77.8 Å². The fourth-order valence-electron chi connectivity index (χ4n) is 6.68. The SMILES string of the molecule is CC1(C)Oc2cc(-c3ccc4c(c3)oc3ccccc34)ccc2-c2cc(-c3cc(-c4ccccc4)nc(-c4ccccc4)c3)ccc2O1. The average Bonchev–Trinajstić information content (AvgIpc) is 3.44. The summed E-state index contributed by atoms with van der Waals surface area (Å²) in [6.45, 7) is 3.90. The second kappa shape index (κ2) is 11.0. The van der Waals surface area contributed by atoms with Crippen LogP contribution < -0.4 is 9.47 Å². The Morgan fingerprint density at radius 3 is 1.75 bits per heavy atom. The van der Waals surface area contributed by atoms with Crippen LogP contribution in [0, 0.1) is 0 Å². The highest BCUT2D eigenvalue weighted by molar-refractivity contribution is 6.06. The van der Waals surface area contributed by atoms with Crippen molar-refractivity contribution in [2.45, 2.75) is 19.6 Å². The van der Waals surface area contributed by atoms with Crippen molar-refractivity contribution in [2.24, 2.45) is 0 Å². The quantitative estimate of drug-likeness (QED) is 0.196. The van der Waals surface area contributed by atoms with Crippen LogP contribution in [0.1, 0.15) is 13.8 Å². The molecule has 0 N–H and O–H groups in total. The number of para-hydroxylation sites is 1. The van der Waals surface area contributed by atoms with E-state index in [1.165, 1.54) is 0 Å². The zero-order valence-electron chi connectivity index (χ0n) is 26.6. The molecule has 2 aromatic heterocycles. The standard InChI is InChI=1S/C44H31NO3/c1-44(2)47-41-22-19-30(33-24-38(28-11-5-3-6-12-28)45-39(25-33)29-13-7-4-8-14-29)23-37(41)36-21-18-32(27-43(36)48-44)31-17-20-35-34-15-9-10-16-40(34)46-42(35)26-31/h3-27H,1-2H3. The van der Waals surface area contributed by atoms with Crippen LogP contribution in [-0.4, -0.2) is 10.8 Å². The molecule has 8 aromatic rings. The molecule has 0 radical (unpaired) electrons. The maximum Gasteiger partial charge on any atom is 0.245 e. The Balaban J connectivity index is 1.17. The number of ether oxygens (including phenoxy) is 2. The third-order valence-corrected chi connectivity index (χ3v) is 8.97. The van der Waals surface area contributed by atoms with Crippen molar-refractivity contribution in [3.8, 4) is 67.4 Å². The average molecular weight is 622 g/mol. The van der Waals surface area contributed by atoms with E-state index < -0.39 is 5.79 Å². The fraction of sp³-hybridized carbons (Fsp3) is 0.0682. The lowest BCUT2D eigenvalue weighted by molar-refractivity contribution is -0.0778. The van der Waals surface area contributed by atoms with Gasteiger partial charge in [-0.05, 0) is 76.9 Å². The maximum absolute atomic E-state index is 6.57. The van der Waals surface area contributed by atoms with E-state index in [9.17, 15) is 0 Å². The summed E-state index contributed by atoms with van der Waals surface area (Å²) in [5, 5.41) is 2.23. The summed E-state index contributed by atoms with van der Waals surface area (Å²) in [6, 6.07) is 52.3. The molecule has 0 atom stereocenters. The Kier molecular flexibility index (Phi) is 6.44.